The molecule has 0 heterocycles. The highest BCUT2D eigenvalue weighted by atomic mass is 127. The minimum Gasteiger partial charge on any atom is -0.492 e. The van der Waals surface area contributed by atoms with Crippen molar-refractivity contribution in [1.82, 2.24) is 0 Å². The fourth-order valence-corrected chi connectivity index (χ4v) is 1.59. The molecule has 0 aliphatic carbocycles. The number of alkyl halides is 1. The van der Waals surface area contributed by atoms with Gasteiger partial charge in [-0.1, -0.05) is 22.6 Å². The van der Waals surface area contributed by atoms with E-state index < -0.39 is 0 Å². The molecular weight excluding hydrogens is 375 g/mol. The van der Waals surface area contributed by atoms with E-state index in [0.29, 0.717) is 17.9 Å². The van der Waals surface area contributed by atoms with Gasteiger partial charge >= 0.3 is 5.97 Å². The normalized spacial score (nSPS) is 9.80. The van der Waals surface area contributed by atoms with Gasteiger partial charge in [-0.2, -0.15) is 0 Å². The average Bonchev–Trinajstić information content (AvgIpc) is 2.27. The lowest BCUT2D eigenvalue weighted by Crippen LogP contribution is -2.03. The van der Waals surface area contributed by atoms with E-state index in [1.54, 1.807) is 18.2 Å². The number of esters is 1. The summed E-state index contributed by atoms with van der Waals surface area (Å²) in [6.07, 6.45) is 0. The van der Waals surface area contributed by atoms with Gasteiger partial charge in [-0.25, -0.2) is 4.79 Å². The molecule has 0 amide bonds. The van der Waals surface area contributed by atoms with Gasteiger partial charge in [0.25, 0.3) is 0 Å². The molecular formula is C10H10BrIO3. The third-order valence-corrected chi connectivity index (χ3v) is 2.78. The molecule has 0 fully saturated rings. The number of hydrogen-bond acceptors (Lipinski definition) is 3. The molecule has 15 heavy (non-hydrogen) atoms. The highest BCUT2D eigenvalue weighted by Gasteiger charge is 2.09. The van der Waals surface area contributed by atoms with Crippen LogP contribution in [-0.2, 0) is 4.74 Å². The molecule has 0 radical (unpaired) electrons. The first kappa shape index (κ1) is 12.8. The van der Waals surface area contributed by atoms with Gasteiger partial charge in [0.15, 0.2) is 0 Å². The molecule has 3 nitrogen and oxygen atoms in total. The van der Waals surface area contributed by atoms with Gasteiger partial charge < -0.3 is 9.47 Å². The van der Waals surface area contributed by atoms with Crippen molar-refractivity contribution in [3.05, 3.63) is 28.2 Å². The fourth-order valence-electron chi connectivity index (χ4n) is 1.01. The van der Waals surface area contributed by atoms with Crippen LogP contribution in [0.2, 0.25) is 0 Å². The molecule has 0 N–H and O–H groups in total. The smallest absolute Gasteiger partial charge is 0.337 e. The molecule has 0 spiro atoms. The van der Waals surface area contributed by atoms with Crippen LogP contribution in [-0.4, -0.2) is 24.1 Å². The lowest BCUT2D eigenvalue weighted by molar-refractivity contribution is 0.0600. The third kappa shape index (κ3) is 3.64. The van der Waals surface area contributed by atoms with E-state index in [1.165, 1.54) is 7.11 Å². The van der Waals surface area contributed by atoms with E-state index in [-0.39, 0.29) is 5.97 Å². The Morgan fingerprint density at radius 1 is 1.53 bits per heavy atom. The van der Waals surface area contributed by atoms with E-state index in [2.05, 4.69) is 43.3 Å². The molecule has 0 unspecified atom stereocenters. The van der Waals surface area contributed by atoms with Crippen molar-refractivity contribution in [3.63, 3.8) is 0 Å². The molecule has 0 atom stereocenters. The quantitative estimate of drug-likeness (QED) is 0.454. The van der Waals surface area contributed by atoms with Crippen LogP contribution in [0.1, 0.15) is 10.4 Å². The molecule has 1 aromatic rings. The Morgan fingerprint density at radius 3 is 2.87 bits per heavy atom. The molecule has 0 aliphatic rings. The van der Waals surface area contributed by atoms with Gasteiger partial charge in [-0.3, -0.25) is 0 Å². The molecule has 0 aliphatic heterocycles. The monoisotopic (exact) mass is 384 g/mol. The second-order valence-corrected chi connectivity index (χ2v) is 4.61. The Kier molecular flexibility index (Phi) is 5.38. The Balaban J connectivity index is 2.89. The number of ether oxygens (including phenoxy) is 2. The Hall–Kier alpha value is -0.300. The minimum absolute atomic E-state index is 0.359. The number of carbonyl (C=O) groups is 1. The summed E-state index contributed by atoms with van der Waals surface area (Å²) in [5, 5.41) is 0. The lowest BCUT2D eigenvalue weighted by Gasteiger charge is -2.07. The second-order valence-electron chi connectivity index (χ2n) is 2.67. The SMILES string of the molecule is COC(=O)c1ccc(Br)c(OCCI)c1. The predicted molar refractivity (Wildman–Crippen MR) is 69.9 cm³/mol. The van der Waals surface area contributed by atoms with E-state index in [0.717, 1.165) is 8.90 Å². The Bertz CT molecular complexity index is 355. The van der Waals surface area contributed by atoms with Crippen molar-refractivity contribution < 1.29 is 14.3 Å². The lowest BCUT2D eigenvalue weighted by atomic mass is 10.2. The van der Waals surface area contributed by atoms with Crippen molar-refractivity contribution in [2.24, 2.45) is 0 Å². The molecule has 0 aromatic heterocycles. The topological polar surface area (TPSA) is 35.5 Å². The first-order valence-corrected chi connectivity index (χ1v) is 6.57. The molecule has 1 rings (SSSR count). The first-order valence-electron chi connectivity index (χ1n) is 4.25. The van der Waals surface area contributed by atoms with Gasteiger partial charge in [-0.15, -0.1) is 0 Å². The number of hydrogen-bond donors (Lipinski definition) is 0. The standard InChI is InChI=1S/C10H10BrIO3/c1-14-10(13)7-2-3-8(11)9(6-7)15-5-4-12/h2-3,6H,4-5H2,1H3. The zero-order valence-corrected chi connectivity index (χ0v) is 11.9. The van der Waals surface area contributed by atoms with Crippen LogP contribution in [0.3, 0.4) is 0 Å². The van der Waals surface area contributed by atoms with Crippen LogP contribution in [0.25, 0.3) is 0 Å². The first-order chi connectivity index (χ1) is 7.19. The van der Waals surface area contributed by atoms with Crippen molar-refractivity contribution in [2.75, 3.05) is 18.1 Å². The van der Waals surface area contributed by atoms with E-state index in [9.17, 15) is 4.79 Å². The maximum Gasteiger partial charge on any atom is 0.337 e. The van der Waals surface area contributed by atoms with Crippen LogP contribution in [0, 0.1) is 0 Å². The van der Waals surface area contributed by atoms with Crippen LogP contribution >= 0.6 is 38.5 Å². The summed E-state index contributed by atoms with van der Waals surface area (Å²) in [6.45, 7) is 0.615. The predicted octanol–water partition coefficient (Wildman–Crippen LogP) is 3.05. The molecule has 0 saturated heterocycles. The van der Waals surface area contributed by atoms with Crippen LogP contribution in [0.4, 0.5) is 0 Å². The zero-order chi connectivity index (χ0) is 11.3. The number of methoxy groups -OCH3 is 1. The zero-order valence-electron chi connectivity index (χ0n) is 8.13. The molecule has 5 heteroatoms. The van der Waals surface area contributed by atoms with Crippen LogP contribution in [0.15, 0.2) is 22.7 Å². The highest BCUT2D eigenvalue weighted by molar-refractivity contribution is 14.1. The molecule has 0 saturated carbocycles. The van der Waals surface area contributed by atoms with Crippen molar-refractivity contribution in [3.8, 4) is 5.75 Å². The number of halogens is 2. The molecule has 82 valence electrons. The minimum atomic E-state index is -0.359. The largest absolute Gasteiger partial charge is 0.492 e. The molecule has 1 aromatic carbocycles. The fraction of sp³-hybridized carbons (Fsp3) is 0.300. The van der Waals surface area contributed by atoms with Crippen molar-refractivity contribution in [2.45, 2.75) is 0 Å². The highest BCUT2D eigenvalue weighted by Crippen LogP contribution is 2.26. The summed E-state index contributed by atoms with van der Waals surface area (Å²) < 4.78 is 11.8. The number of carbonyl (C=O) groups excluding carboxylic acids is 1. The summed E-state index contributed by atoms with van der Waals surface area (Å²) in [7, 11) is 1.36. The third-order valence-electron chi connectivity index (χ3n) is 1.69. The average molecular weight is 385 g/mol. The second kappa shape index (κ2) is 6.32. The van der Waals surface area contributed by atoms with Gasteiger partial charge in [0.1, 0.15) is 5.75 Å². The summed E-state index contributed by atoms with van der Waals surface area (Å²) >= 11 is 5.58. The summed E-state index contributed by atoms with van der Waals surface area (Å²) in [6, 6.07) is 5.13. The van der Waals surface area contributed by atoms with Gasteiger partial charge in [-0.05, 0) is 34.1 Å². The summed E-state index contributed by atoms with van der Waals surface area (Å²) in [5.41, 5.74) is 0.490. The van der Waals surface area contributed by atoms with Gasteiger partial charge in [0, 0.05) is 4.43 Å². The maximum absolute atomic E-state index is 11.3. The molecule has 0 bridgehead atoms. The van der Waals surface area contributed by atoms with Crippen LogP contribution < -0.4 is 4.74 Å². The summed E-state index contributed by atoms with van der Waals surface area (Å²) in [5.74, 6) is 0.302. The Labute approximate surface area is 110 Å². The number of rotatable bonds is 4. The van der Waals surface area contributed by atoms with Gasteiger partial charge in [0.05, 0.1) is 23.8 Å². The van der Waals surface area contributed by atoms with E-state index in [4.69, 9.17) is 4.74 Å². The Morgan fingerprint density at radius 2 is 2.27 bits per heavy atom. The van der Waals surface area contributed by atoms with Crippen molar-refractivity contribution in [1.29, 1.82) is 0 Å². The summed E-state index contributed by atoms with van der Waals surface area (Å²) in [4.78, 5) is 11.3. The number of benzene rings is 1. The van der Waals surface area contributed by atoms with E-state index in [1.807, 2.05) is 0 Å². The maximum atomic E-state index is 11.3. The van der Waals surface area contributed by atoms with Gasteiger partial charge in [0.2, 0.25) is 0 Å². The van der Waals surface area contributed by atoms with E-state index >= 15 is 0 Å². The van der Waals surface area contributed by atoms with Crippen LogP contribution in [0.5, 0.6) is 5.75 Å². The van der Waals surface area contributed by atoms with Crippen molar-refractivity contribution >= 4 is 44.5 Å².